The van der Waals surface area contributed by atoms with Crippen molar-refractivity contribution in [1.82, 2.24) is 5.32 Å². The van der Waals surface area contributed by atoms with E-state index in [9.17, 15) is 14.3 Å². The van der Waals surface area contributed by atoms with Crippen LogP contribution in [-0.4, -0.2) is 36.8 Å². The first-order chi connectivity index (χ1) is 8.57. The Balaban J connectivity index is 2.06. The lowest BCUT2D eigenvalue weighted by Gasteiger charge is -2.39. The quantitative estimate of drug-likeness (QED) is 0.855. The average Bonchev–Trinajstić information content (AvgIpc) is 2.39. The van der Waals surface area contributed by atoms with Gasteiger partial charge in [-0.2, -0.15) is 0 Å². The Morgan fingerprint density at radius 1 is 1.33 bits per heavy atom. The molecule has 1 saturated heterocycles. The monoisotopic (exact) mass is 252 g/mol. The van der Waals surface area contributed by atoms with Crippen molar-refractivity contribution in [3.63, 3.8) is 0 Å². The number of carbonyl (C=O) groups is 1. The van der Waals surface area contributed by atoms with Crippen LogP contribution in [0.3, 0.4) is 0 Å². The van der Waals surface area contributed by atoms with Crippen molar-refractivity contribution < 1.29 is 14.3 Å². The summed E-state index contributed by atoms with van der Waals surface area (Å²) >= 11 is 0. The zero-order valence-electron chi connectivity index (χ0n) is 10.3. The lowest BCUT2D eigenvalue weighted by molar-refractivity contribution is -0.145. The molecule has 1 aromatic carbocycles. The number of aliphatic carboxylic acids is 1. The van der Waals surface area contributed by atoms with Gasteiger partial charge in [-0.05, 0) is 44.2 Å². The SMILES string of the molecule is CNC1(C(=O)O)CCN(c2ccc(F)cc2)CC1. The number of piperidine rings is 1. The highest BCUT2D eigenvalue weighted by atomic mass is 19.1. The molecule has 0 bridgehead atoms. The largest absolute Gasteiger partial charge is 0.480 e. The average molecular weight is 252 g/mol. The molecule has 1 aliphatic rings. The Hall–Kier alpha value is -1.62. The molecule has 0 saturated carbocycles. The highest BCUT2D eigenvalue weighted by Crippen LogP contribution is 2.26. The Morgan fingerprint density at radius 3 is 2.33 bits per heavy atom. The fourth-order valence-electron chi connectivity index (χ4n) is 2.37. The Bertz CT molecular complexity index is 425. The van der Waals surface area contributed by atoms with E-state index in [4.69, 9.17) is 0 Å². The normalized spacial score (nSPS) is 18.7. The molecule has 1 aliphatic heterocycles. The van der Waals surface area contributed by atoms with Crippen LogP contribution < -0.4 is 10.2 Å². The van der Waals surface area contributed by atoms with Gasteiger partial charge in [0, 0.05) is 18.8 Å². The maximum absolute atomic E-state index is 12.8. The molecule has 0 unspecified atom stereocenters. The number of halogens is 1. The van der Waals surface area contributed by atoms with Gasteiger partial charge in [0.1, 0.15) is 11.4 Å². The van der Waals surface area contributed by atoms with Gasteiger partial charge in [0.25, 0.3) is 0 Å². The molecule has 1 fully saturated rings. The van der Waals surface area contributed by atoms with Crippen molar-refractivity contribution in [3.8, 4) is 0 Å². The minimum Gasteiger partial charge on any atom is -0.480 e. The van der Waals surface area contributed by atoms with Gasteiger partial charge in [-0.25, -0.2) is 4.39 Å². The first-order valence-electron chi connectivity index (χ1n) is 6.00. The maximum atomic E-state index is 12.8. The van der Waals surface area contributed by atoms with Gasteiger partial charge >= 0.3 is 5.97 Å². The second-order valence-electron chi connectivity index (χ2n) is 4.60. The molecule has 1 aromatic rings. The summed E-state index contributed by atoms with van der Waals surface area (Å²) in [7, 11) is 1.68. The van der Waals surface area contributed by atoms with Crippen LogP contribution in [-0.2, 0) is 4.79 Å². The molecule has 2 N–H and O–H groups in total. The lowest BCUT2D eigenvalue weighted by atomic mass is 9.87. The molecule has 1 heterocycles. The predicted molar refractivity (Wildman–Crippen MR) is 67.3 cm³/mol. The van der Waals surface area contributed by atoms with Crippen molar-refractivity contribution in [2.24, 2.45) is 0 Å². The molecular formula is C13H17FN2O2. The zero-order chi connectivity index (χ0) is 13.2. The van der Waals surface area contributed by atoms with Crippen LogP contribution in [0.4, 0.5) is 10.1 Å². The van der Waals surface area contributed by atoms with E-state index in [1.54, 1.807) is 19.2 Å². The van der Waals surface area contributed by atoms with Crippen LogP contribution >= 0.6 is 0 Å². The van der Waals surface area contributed by atoms with Crippen molar-refractivity contribution in [1.29, 1.82) is 0 Å². The van der Waals surface area contributed by atoms with Crippen LogP contribution in [0.5, 0.6) is 0 Å². The van der Waals surface area contributed by atoms with Crippen molar-refractivity contribution in [3.05, 3.63) is 30.1 Å². The topological polar surface area (TPSA) is 52.6 Å². The summed E-state index contributed by atoms with van der Waals surface area (Å²) in [5.74, 6) is -1.06. The van der Waals surface area contributed by atoms with Gasteiger partial charge in [-0.15, -0.1) is 0 Å². The Labute approximate surface area is 105 Å². The number of hydrogen-bond donors (Lipinski definition) is 2. The molecule has 0 atom stereocenters. The number of carboxylic acid groups (broad SMARTS) is 1. The summed E-state index contributed by atoms with van der Waals surface area (Å²) in [5, 5.41) is 12.2. The van der Waals surface area contributed by atoms with E-state index in [0.29, 0.717) is 25.9 Å². The second kappa shape index (κ2) is 4.94. The van der Waals surface area contributed by atoms with Gasteiger partial charge in [0.05, 0.1) is 0 Å². The second-order valence-corrected chi connectivity index (χ2v) is 4.60. The minimum absolute atomic E-state index is 0.258. The predicted octanol–water partition coefficient (Wildman–Crippen LogP) is 1.47. The number of rotatable bonds is 3. The van der Waals surface area contributed by atoms with E-state index < -0.39 is 11.5 Å². The number of benzene rings is 1. The van der Waals surface area contributed by atoms with Gasteiger partial charge in [0.2, 0.25) is 0 Å². The number of hydrogen-bond acceptors (Lipinski definition) is 3. The Kier molecular flexibility index (Phi) is 3.52. The molecule has 98 valence electrons. The van der Waals surface area contributed by atoms with Crippen LogP contribution in [0, 0.1) is 5.82 Å². The molecule has 0 radical (unpaired) electrons. The van der Waals surface area contributed by atoms with E-state index in [1.807, 2.05) is 0 Å². The highest BCUT2D eigenvalue weighted by Gasteiger charge is 2.40. The zero-order valence-corrected chi connectivity index (χ0v) is 10.3. The van der Waals surface area contributed by atoms with Gasteiger partial charge in [-0.3, -0.25) is 4.79 Å². The highest BCUT2D eigenvalue weighted by molar-refractivity contribution is 5.79. The van der Waals surface area contributed by atoms with E-state index in [-0.39, 0.29) is 5.82 Å². The number of carboxylic acids is 1. The number of likely N-dealkylation sites (N-methyl/N-ethyl adjacent to an activating group) is 1. The fourth-order valence-corrected chi connectivity index (χ4v) is 2.37. The third-order valence-electron chi connectivity index (χ3n) is 3.70. The Morgan fingerprint density at radius 2 is 1.89 bits per heavy atom. The van der Waals surface area contributed by atoms with Crippen molar-refractivity contribution in [2.75, 3.05) is 25.0 Å². The van der Waals surface area contributed by atoms with Crippen molar-refractivity contribution in [2.45, 2.75) is 18.4 Å². The third-order valence-corrected chi connectivity index (χ3v) is 3.70. The molecular weight excluding hydrogens is 235 g/mol. The van der Waals surface area contributed by atoms with Crippen LogP contribution in [0.15, 0.2) is 24.3 Å². The van der Waals surface area contributed by atoms with Gasteiger partial charge < -0.3 is 15.3 Å². The summed E-state index contributed by atoms with van der Waals surface area (Å²) in [6.07, 6.45) is 1.08. The molecule has 2 rings (SSSR count). The summed E-state index contributed by atoms with van der Waals surface area (Å²) in [4.78, 5) is 13.3. The first-order valence-corrected chi connectivity index (χ1v) is 6.00. The van der Waals surface area contributed by atoms with E-state index in [0.717, 1.165) is 5.69 Å². The number of nitrogens with one attached hydrogen (secondary N) is 1. The summed E-state index contributed by atoms with van der Waals surface area (Å²) in [6.45, 7) is 1.30. The third kappa shape index (κ3) is 2.31. The molecule has 0 spiro atoms. The molecule has 4 nitrogen and oxygen atoms in total. The maximum Gasteiger partial charge on any atom is 0.324 e. The summed E-state index contributed by atoms with van der Waals surface area (Å²) in [5.41, 5.74) is 0.114. The van der Waals surface area contributed by atoms with E-state index >= 15 is 0 Å². The molecule has 5 heteroatoms. The molecule has 0 amide bonds. The van der Waals surface area contributed by atoms with Gasteiger partial charge in [0.15, 0.2) is 0 Å². The van der Waals surface area contributed by atoms with Crippen LogP contribution in [0.1, 0.15) is 12.8 Å². The smallest absolute Gasteiger partial charge is 0.324 e. The summed E-state index contributed by atoms with van der Waals surface area (Å²) < 4.78 is 12.8. The molecule has 0 aromatic heterocycles. The first kappa shape index (κ1) is 12.8. The van der Waals surface area contributed by atoms with E-state index in [2.05, 4.69) is 10.2 Å². The number of anilines is 1. The molecule has 18 heavy (non-hydrogen) atoms. The fraction of sp³-hybridized carbons (Fsp3) is 0.462. The van der Waals surface area contributed by atoms with Crippen LogP contribution in [0.2, 0.25) is 0 Å². The number of nitrogens with zero attached hydrogens (tertiary/aromatic N) is 1. The molecule has 0 aliphatic carbocycles. The van der Waals surface area contributed by atoms with Gasteiger partial charge in [-0.1, -0.05) is 0 Å². The minimum atomic E-state index is -0.823. The van der Waals surface area contributed by atoms with Crippen molar-refractivity contribution >= 4 is 11.7 Å². The summed E-state index contributed by atoms with van der Waals surface area (Å²) in [6, 6.07) is 6.30. The van der Waals surface area contributed by atoms with E-state index in [1.165, 1.54) is 12.1 Å². The lowest BCUT2D eigenvalue weighted by Crippen LogP contribution is -2.57. The van der Waals surface area contributed by atoms with Crippen LogP contribution in [0.25, 0.3) is 0 Å². The standard InChI is InChI=1S/C13H17FN2O2/c1-15-13(12(17)18)6-8-16(9-7-13)11-4-2-10(14)3-5-11/h2-5,15H,6-9H2,1H3,(H,17,18).